The summed E-state index contributed by atoms with van der Waals surface area (Å²) in [7, 11) is 1.43. The van der Waals surface area contributed by atoms with E-state index in [0.717, 1.165) is 0 Å². The van der Waals surface area contributed by atoms with Crippen molar-refractivity contribution in [2.75, 3.05) is 7.11 Å². The number of rotatable bonds is 0. The fourth-order valence-electron chi connectivity index (χ4n) is 0.0408. The molecular formula is C2H6N2OS. The Morgan fingerprint density at radius 2 is 2.50 bits per heavy atom. The van der Waals surface area contributed by atoms with Crippen molar-refractivity contribution in [1.29, 1.82) is 0 Å². The lowest BCUT2D eigenvalue weighted by Crippen LogP contribution is -2.11. The Balaban J connectivity index is 3.22. The van der Waals surface area contributed by atoms with E-state index in [4.69, 9.17) is 5.73 Å². The second kappa shape index (κ2) is 2.84. The minimum atomic E-state index is 0.0818. The summed E-state index contributed by atoms with van der Waals surface area (Å²) < 4.78 is 7.52. The first-order valence-electron chi connectivity index (χ1n) is 1.32. The molecule has 0 bridgehead atoms. The van der Waals surface area contributed by atoms with Gasteiger partial charge in [-0.3, -0.25) is 0 Å². The fourth-order valence-corrected chi connectivity index (χ4v) is 0.122. The highest BCUT2D eigenvalue weighted by atomic mass is 32.1. The predicted octanol–water partition coefficient (Wildman–Crippen LogP) is -0.208. The van der Waals surface area contributed by atoms with Crippen molar-refractivity contribution in [3.05, 3.63) is 0 Å². The van der Waals surface area contributed by atoms with Crippen molar-refractivity contribution in [1.82, 2.24) is 0 Å². The number of nitrogens with two attached hydrogens (primary N) is 1. The molecule has 0 aromatic carbocycles. The predicted molar refractivity (Wildman–Crippen MR) is 27.6 cm³/mol. The van der Waals surface area contributed by atoms with Crippen LogP contribution < -0.4 is 5.73 Å². The number of ether oxygens (including phenoxy) is 1. The Morgan fingerprint density at radius 3 is 2.50 bits per heavy atom. The molecule has 0 radical (unpaired) electrons. The minimum absolute atomic E-state index is 0.0818. The zero-order chi connectivity index (χ0) is 4.99. The summed E-state index contributed by atoms with van der Waals surface area (Å²) in [6.07, 6.45) is 0. The SMILES string of the molecule is CO/C(N)=N/S. The molecule has 0 fully saturated rings. The Kier molecular flexibility index (Phi) is 2.66. The van der Waals surface area contributed by atoms with Crippen LogP contribution in [0.2, 0.25) is 0 Å². The molecule has 0 aliphatic heterocycles. The van der Waals surface area contributed by atoms with Crippen LogP contribution >= 0.6 is 12.8 Å². The molecule has 0 unspecified atom stereocenters. The quantitative estimate of drug-likeness (QED) is 0.255. The van der Waals surface area contributed by atoms with Gasteiger partial charge in [0.1, 0.15) is 0 Å². The monoisotopic (exact) mass is 106 g/mol. The number of amidine groups is 1. The van der Waals surface area contributed by atoms with E-state index in [1.807, 2.05) is 0 Å². The molecular weight excluding hydrogens is 100 g/mol. The minimum Gasteiger partial charge on any atom is -0.468 e. The van der Waals surface area contributed by atoms with Crippen molar-refractivity contribution < 1.29 is 4.74 Å². The maximum absolute atomic E-state index is 4.92. The van der Waals surface area contributed by atoms with E-state index in [0.29, 0.717) is 0 Å². The molecule has 0 aromatic heterocycles. The van der Waals surface area contributed by atoms with Crippen molar-refractivity contribution >= 4 is 18.8 Å². The van der Waals surface area contributed by atoms with Crippen molar-refractivity contribution in [3.63, 3.8) is 0 Å². The van der Waals surface area contributed by atoms with E-state index >= 15 is 0 Å². The van der Waals surface area contributed by atoms with Gasteiger partial charge in [-0.05, 0) is 12.8 Å². The topological polar surface area (TPSA) is 47.6 Å². The highest BCUT2D eigenvalue weighted by Gasteiger charge is 1.75. The number of nitrogens with zero attached hydrogens (tertiary/aromatic N) is 1. The van der Waals surface area contributed by atoms with Crippen LogP contribution in [0, 0.1) is 0 Å². The average molecular weight is 106 g/mol. The van der Waals surface area contributed by atoms with Crippen molar-refractivity contribution in [2.45, 2.75) is 0 Å². The number of hydrogen-bond donors (Lipinski definition) is 2. The average Bonchev–Trinajstić information content (AvgIpc) is 1.65. The summed E-state index contributed by atoms with van der Waals surface area (Å²) in [5, 5.41) is 0. The molecule has 3 nitrogen and oxygen atoms in total. The van der Waals surface area contributed by atoms with E-state index in [-0.39, 0.29) is 6.02 Å². The first kappa shape index (κ1) is 5.62. The first-order valence-corrected chi connectivity index (χ1v) is 1.72. The van der Waals surface area contributed by atoms with Crippen molar-refractivity contribution in [2.24, 2.45) is 10.1 Å². The summed E-state index contributed by atoms with van der Waals surface area (Å²) >= 11 is 3.43. The number of thiol groups is 1. The summed E-state index contributed by atoms with van der Waals surface area (Å²) in [5.74, 6) is 0. The van der Waals surface area contributed by atoms with E-state index in [2.05, 4.69) is 21.9 Å². The van der Waals surface area contributed by atoms with Gasteiger partial charge in [0.15, 0.2) is 0 Å². The van der Waals surface area contributed by atoms with Gasteiger partial charge in [0.05, 0.1) is 7.11 Å². The van der Waals surface area contributed by atoms with Crippen LogP contribution in [0.3, 0.4) is 0 Å². The second-order valence-corrected chi connectivity index (χ2v) is 0.842. The molecule has 0 aliphatic rings. The van der Waals surface area contributed by atoms with E-state index < -0.39 is 0 Å². The first-order chi connectivity index (χ1) is 2.81. The summed E-state index contributed by atoms with van der Waals surface area (Å²) in [6.45, 7) is 0. The second-order valence-electron chi connectivity index (χ2n) is 0.642. The molecule has 4 heteroatoms. The van der Waals surface area contributed by atoms with E-state index in [1.165, 1.54) is 7.11 Å². The van der Waals surface area contributed by atoms with E-state index in [1.54, 1.807) is 0 Å². The molecule has 2 N–H and O–H groups in total. The maximum Gasteiger partial charge on any atom is 0.293 e. The van der Waals surface area contributed by atoms with Gasteiger partial charge in [-0.25, -0.2) is 0 Å². The zero-order valence-corrected chi connectivity index (χ0v) is 4.27. The van der Waals surface area contributed by atoms with Gasteiger partial charge in [0.2, 0.25) is 0 Å². The highest BCUT2D eigenvalue weighted by Crippen LogP contribution is 1.72. The summed E-state index contributed by atoms with van der Waals surface area (Å²) in [6, 6.07) is 0.0818. The molecule has 36 valence electrons. The van der Waals surface area contributed by atoms with Crippen LogP contribution in [0.15, 0.2) is 4.40 Å². The molecule has 0 aromatic rings. The van der Waals surface area contributed by atoms with Crippen LogP contribution in [0.25, 0.3) is 0 Å². The van der Waals surface area contributed by atoms with Gasteiger partial charge in [0.25, 0.3) is 6.02 Å². The summed E-state index contributed by atoms with van der Waals surface area (Å²) in [4.78, 5) is 0. The molecule has 0 heterocycles. The Bertz CT molecular complexity index is 62.6. The zero-order valence-electron chi connectivity index (χ0n) is 3.38. The van der Waals surface area contributed by atoms with Gasteiger partial charge in [0, 0.05) is 0 Å². The molecule has 0 rings (SSSR count). The Hall–Kier alpha value is -0.380. The lowest BCUT2D eigenvalue weighted by molar-refractivity contribution is 0.398. The molecule has 0 saturated carbocycles. The van der Waals surface area contributed by atoms with Gasteiger partial charge in [-0.2, -0.15) is 4.40 Å². The molecule has 0 spiro atoms. The largest absolute Gasteiger partial charge is 0.468 e. The highest BCUT2D eigenvalue weighted by molar-refractivity contribution is 7.79. The van der Waals surface area contributed by atoms with Crippen LogP contribution in [-0.2, 0) is 4.74 Å². The molecule has 0 atom stereocenters. The van der Waals surface area contributed by atoms with Crippen LogP contribution in [0.5, 0.6) is 0 Å². The lowest BCUT2D eigenvalue weighted by Gasteiger charge is -1.88. The maximum atomic E-state index is 4.92. The van der Waals surface area contributed by atoms with Crippen molar-refractivity contribution in [3.8, 4) is 0 Å². The third-order valence-corrected chi connectivity index (χ3v) is 0.505. The molecule has 0 aliphatic carbocycles. The standard InChI is InChI=1S/C2H6N2OS/c1-5-2(3)4-6/h6H,1H3,(H2,3,4). The van der Waals surface area contributed by atoms with Gasteiger partial charge < -0.3 is 10.5 Å². The fraction of sp³-hybridized carbons (Fsp3) is 0.500. The lowest BCUT2D eigenvalue weighted by atomic mass is 11.2. The molecule has 0 amide bonds. The molecule has 0 saturated heterocycles. The third-order valence-electron chi connectivity index (χ3n) is 0.308. The number of hydrogen-bond acceptors (Lipinski definition) is 3. The van der Waals surface area contributed by atoms with Gasteiger partial charge in [-0.15, -0.1) is 0 Å². The third kappa shape index (κ3) is 1.90. The Morgan fingerprint density at radius 1 is 2.00 bits per heavy atom. The normalized spacial score (nSPS) is 11.3. The van der Waals surface area contributed by atoms with Crippen LogP contribution in [-0.4, -0.2) is 13.1 Å². The summed E-state index contributed by atoms with van der Waals surface area (Å²) in [5.41, 5.74) is 4.92. The van der Waals surface area contributed by atoms with Gasteiger partial charge in [-0.1, -0.05) is 0 Å². The van der Waals surface area contributed by atoms with Gasteiger partial charge >= 0.3 is 0 Å². The Labute approximate surface area is 41.7 Å². The number of methoxy groups -OCH3 is 1. The van der Waals surface area contributed by atoms with Crippen LogP contribution in [0.1, 0.15) is 0 Å². The smallest absolute Gasteiger partial charge is 0.293 e. The van der Waals surface area contributed by atoms with Crippen LogP contribution in [0.4, 0.5) is 0 Å². The molecule has 6 heavy (non-hydrogen) atoms. The van der Waals surface area contributed by atoms with E-state index in [9.17, 15) is 0 Å².